The fourth-order valence-corrected chi connectivity index (χ4v) is 3.48. The van der Waals surface area contributed by atoms with Gasteiger partial charge in [-0.1, -0.05) is 22.7 Å². The second-order valence-corrected chi connectivity index (χ2v) is 8.15. The summed E-state index contributed by atoms with van der Waals surface area (Å²) in [5.74, 6) is 0.623. The Kier molecular flexibility index (Phi) is 6.01. The van der Waals surface area contributed by atoms with Crippen LogP contribution >= 0.6 is 0 Å². The molecule has 0 aliphatic carbocycles. The zero-order valence-corrected chi connectivity index (χ0v) is 17.3. The summed E-state index contributed by atoms with van der Waals surface area (Å²) in [5, 5.41) is 0. The van der Waals surface area contributed by atoms with Crippen molar-refractivity contribution in [2.75, 3.05) is 31.2 Å². The van der Waals surface area contributed by atoms with Gasteiger partial charge >= 0.3 is 5.65 Å². The van der Waals surface area contributed by atoms with E-state index in [2.05, 4.69) is 9.97 Å². The third kappa shape index (κ3) is 4.81. The summed E-state index contributed by atoms with van der Waals surface area (Å²) in [4.78, 5) is 21.3. The lowest BCUT2D eigenvalue weighted by Crippen LogP contribution is -2.39. The molecule has 0 bridgehead atoms. The number of fused-ring (bicyclic) bond motifs is 1. The van der Waals surface area contributed by atoms with Crippen LogP contribution in [0.4, 0.5) is 5.95 Å². The number of imidazole rings is 1. The maximum absolute atomic E-state index is 12.1. The minimum absolute atomic E-state index is 0.107. The molecule has 10 nitrogen and oxygen atoms in total. The summed E-state index contributed by atoms with van der Waals surface area (Å²) in [5.41, 5.74) is 2.11. The molecule has 2 aromatic heterocycles. The van der Waals surface area contributed by atoms with Crippen molar-refractivity contribution in [2.45, 2.75) is 11.8 Å². The van der Waals surface area contributed by atoms with Gasteiger partial charge in [-0.2, -0.15) is 0 Å². The molecule has 0 radical (unpaired) electrons. The summed E-state index contributed by atoms with van der Waals surface area (Å²) in [7, 11) is -0.542. The van der Waals surface area contributed by atoms with Crippen LogP contribution in [-0.4, -0.2) is 53.8 Å². The molecular weight excluding hydrogens is 398 g/mol. The number of nitrogens with zero attached hydrogens (tertiary/aromatic N) is 4. The fourth-order valence-electron chi connectivity index (χ4n) is 3.01. The number of morpholine rings is 1. The van der Waals surface area contributed by atoms with Crippen LogP contribution in [0.25, 0.3) is 11.2 Å². The van der Waals surface area contributed by atoms with E-state index in [9.17, 15) is 17.8 Å². The van der Waals surface area contributed by atoms with Gasteiger partial charge in [-0.3, -0.25) is 14.3 Å². The molecule has 0 amide bonds. The van der Waals surface area contributed by atoms with Gasteiger partial charge in [0.2, 0.25) is 5.52 Å². The monoisotopic (exact) mass is 421 g/mol. The molecule has 0 atom stereocenters. The Morgan fingerprint density at radius 3 is 2.41 bits per heavy atom. The lowest BCUT2D eigenvalue weighted by atomic mass is 10.2. The van der Waals surface area contributed by atoms with E-state index >= 15 is 0 Å². The molecule has 1 aliphatic rings. The highest BCUT2D eigenvalue weighted by atomic mass is 32.2. The predicted molar refractivity (Wildman–Crippen MR) is 105 cm³/mol. The number of anilines is 1. The molecule has 1 saturated heterocycles. The largest absolute Gasteiger partial charge is 0.744 e. The normalized spacial score (nSPS) is 14.6. The first kappa shape index (κ1) is 21.0. The first-order valence-corrected chi connectivity index (χ1v) is 10.4. The molecule has 1 aliphatic heterocycles. The average Bonchev–Trinajstić information content (AvgIpc) is 2.97. The quantitative estimate of drug-likeness (QED) is 0.450. The number of benzene rings is 1. The van der Waals surface area contributed by atoms with Crippen LogP contribution in [0.1, 0.15) is 5.56 Å². The summed E-state index contributed by atoms with van der Waals surface area (Å²) in [6.45, 7) is 4.67. The van der Waals surface area contributed by atoms with Gasteiger partial charge in [-0.05, 0) is 19.1 Å². The molecule has 0 spiro atoms. The molecule has 1 aromatic carbocycles. The molecule has 3 aromatic rings. The van der Waals surface area contributed by atoms with E-state index in [-0.39, 0.29) is 10.5 Å². The van der Waals surface area contributed by atoms with Gasteiger partial charge in [0.05, 0.1) is 32.2 Å². The van der Waals surface area contributed by atoms with Crippen LogP contribution in [0, 0.1) is 6.92 Å². The van der Waals surface area contributed by atoms with Gasteiger partial charge in [0.1, 0.15) is 10.1 Å². The highest BCUT2D eigenvalue weighted by molar-refractivity contribution is 7.85. The van der Waals surface area contributed by atoms with Crippen LogP contribution in [0.5, 0.6) is 0 Å². The van der Waals surface area contributed by atoms with Gasteiger partial charge in [-0.15, -0.1) is 0 Å². The Balaban J connectivity index is 0.000000188. The van der Waals surface area contributed by atoms with Gasteiger partial charge in [0.15, 0.2) is 6.33 Å². The standard InChI is InChI=1S/C11H15N5O2.C7H8O3S/c1-14-7-15(2)9-8(14)10(17)13-11(12-9)16-3-5-18-6-4-16;1-6-2-4-7(5-3-6)11(8,9)10/h7H,3-6H2,1-2H3;2-5H,1H3,(H,8,9,10). The van der Waals surface area contributed by atoms with Gasteiger partial charge in [0.25, 0.3) is 11.5 Å². The number of nitrogens with one attached hydrogen (secondary N) is 1. The lowest BCUT2D eigenvalue weighted by Gasteiger charge is -2.25. The van der Waals surface area contributed by atoms with E-state index < -0.39 is 10.1 Å². The zero-order chi connectivity index (χ0) is 21.2. The molecule has 29 heavy (non-hydrogen) atoms. The van der Waals surface area contributed by atoms with Crippen LogP contribution < -0.4 is 15.0 Å². The smallest absolute Gasteiger partial charge is 0.311 e. The first-order valence-electron chi connectivity index (χ1n) is 8.97. The molecular formula is C18H23N5O5S. The van der Waals surface area contributed by atoms with Gasteiger partial charge < -0.3 is 14.2 Å². The van der Waals surface area contributed by atoms with E-state index in [1.54, 1.807) is 16.7 Å². The maximum Gasteiger partial charge on any atom is 0.311 e. The number of aryl methyl sites for hydroxylation is 3. The number of aromatic nitrogens is 4. The molecule has 0 saturated carbocycles. The summed E-state index contributed by atoms with van der Waals surface area (Å²) in [6.07, 6.45) is 1.84. The molecule has 4 rings (SSSR count). The second kappa shape index (κ2) is 8.31. The maximum atomic E-state index is 12.1. The van der Waals surface area contributed by atoms with Crippen molar-refractivity contribution >= 4 is 27.2 Å². The lowest BCUT2D eigenvalue weighted by molar-refractivity contribution is -0.647. The van der Waals surface area contributed by atoms with E-state index in [4.69, 9.17) is 4.74 Å². The van der Waals surface area contributed by atoms with Crippen molar-refractivity contribution in [3.05, 3.63) is 46.5 Å². The topological polar surface area (TPSA) is 124 Å². The summed E-state index contributed by atoms with van der Waals surface area (Å²) < 4.78 is 40.1. The van der Waals surface area contributed by atoms with Crippen molar-refractivity contribution in [1.29, 1.82) is 0 Å². The first-order chi connectivity index (χ1) is 13.7. The Morgan fingerprint density at radius 1 is 1.21 bits per heavy atom. The zero-order valence-electron chi connectivity index (χ0n) is 16.5. The van der Waals surface area contributed by atoms with Crippen LogP contribution in [0.15, 0.2) is 40.3 Å². The number of ether oxygens (including phenoxy) is 1. The third-order valence-electron chi connectivity index (χ3n) is 4.52. The summed E-state index contributed by atoms with van der Waals surface area (Å²) >= 11 is 0. The minimum Gasteiger partial charge on any atom is -0.744 e. The Bertz CT molecular complexity index is 1160. The number of H-pyrrole nitrogens is 1. The number of hydrogen-bond acceptors (Lipinski definition) is 7. The van der Waals surface area contributed by atoms with Crippen molar-refractivity contribution in [3.8, 4) is 0 Å². The molecule has 1 fully saturated rings. The molecule has 11 heteroatoms. The molecule has 0 unspecified atom stereocenters. The molecule has 3 heterocycles. The summed E-state index contributed by atoms with van der Waals surface area (Å²) in [6, 6.07) is 5.78. The van der Waals surface area contributed by atoms with Crippen LogP contribution in [0.3, 0.4) is 0 Å². The second-order valence-electron chi connectivity index (χ2n) is 6.77. The molecule has 1 N–H and O–H groups in total. The van der Waals surface area contributed by atoms with Gasteiger partial charge in [0, 0.05) is 13.1 Å². The van der Waals surface area contributed by atoms with Crippen molar-refractivity contribution in [3.63, 3.8) is 0 Å². The number of aromatic amines is 1. The Morgan fingerprint density at radius 2 is 1.83 bits per heavy atom. The van der Waals surface area contributed by atoms with Crippen molar-refractivity contribution in [2.24, 2.45) is 14.1 Å². The molecule has 156 valence electrons. The van der Waals surface area contributed by atoms with E-state index in [0.717, 1.165) is 18.7 Å². The number of hydrogen-bond donors (Lipinski definition) is 1. The van der Waals surface area contributed by atoms with Crippen molar-refractivity contribution in [1.82, 2.24) is 14.5 Å². The van der Waals surface area contributed by atoms with E-state index in [1.165, 1.54) is 12.1 Å². The SMILES string of the molecule is Cc1ccc(S(=O)(=O)[O-])cc1.Cn1c[n+](C)c2nc(N3CCOCC3)[nH]c(=O)c21. The minimum atomic E-state index is -4.27. The highest BCUT2D eigenvalue weighted by Crippen LogP contribution is 2.11. The van der Waals surface area contributed by atoms with Gasteiger partial charge in [-0.25, -0.2) is 13.0 Å². The predicted octanol–water partition coefficient (Wildman–Crippen LogP) is -0.178. The number of rotatable bonds is 2. The highest BCUT2D eigenvalue weighted by Gasteiger charge is 2.22. The van der Waals surface area contributed by atoms with E-state index in [0.29, 0.717) is 30.3 Å². The fraction of sp³-hybridized carbons (Fsp3) is 0.389. The van der Waals surface area contributed by atoms with Crippen LogP contribution in [-0.2, 0) is 29.0 Å². The average molecular weight is 421 g/mol. The Hall–Kier alpha value is -2.76. The third-order valence-corrected chi connectivity index (χ3v) is 5.37. The van der Waals surface area contributed by atoms with Crippen molar-refractivity contribution < 1.29 is 22.3 Å². The Labute approximate surface area is 168 Å². The van der Waals surface area contributed by atoms with E-state index in [1.807, 2.05) is 36.8 Å². The van der Waals surface area contributed by atoms with Crippen LogP contribution in [0.2, 0.25) is 0 Å².